The summed E-state index contributed by atoms with van der Waals surface area (Å²) >= 11 is 0. The minimum absolute atomic E-state index is 0.106. The minimum atomic E-state index is -0.404. The Kier molecular flexibility index (Phi) is 5.80. The molecule has 0 spiro atoms. The number of ether oxygens (including phenoxy) is 2. The van der Waals surface area contributed by atoms with Gasteiger partial charge in [-0.2, -0.15) is 0 Å². The van der Waals surface area contributed by atoms with Gasteiger partial charge in [-0.25, -0.2) is 4.79 Å². The molecule has 2 aromatic rings. The minimum Gasteiger partial charge on any atom is -0.445 e. The van der Waals surface area contributed by atoms with E-state index in [-0.39, 0.29) is 12.6 Å². The van der Waals surface area contributed by atoms with Gasteiger partial charge in [0.25, 0.3) is 0 Å². The van der Waals surface area contributed by atoms with Gasteiger partial charge < -0.3 is 14.8 Å². The first kappa shape index (κ1) is 16.5. The van der Waals surface area contributed by atoms with Crippen molar-refractivity contribution in [3.8, 4) is 0 Å². The van der Waals surface area contributed by atoms with E-state index < -0.39 is 6.09 Å². The lowest BCUT2D eigenvalue weighted by Crippen LogP contribution is -2.36. The highest BCUT2D eigenvalue weighted by Crippen LogP contribution is 2.29. The van der Waals surface area contributed by atoms with Gasteiger partial charge in [-0.3, -0.25) is 4.98 Å². The van der Waals surface area contributed by atoms with Crippen LogP contribution in [-0.4, -0.2) is 24.3 Å². The smallest absolute Gasteiger partial charge is 0.407 e. The summed E-state index contributed by atoms with van der Waals surface area (Å²) in [6.07, 6.45) is 4.96. The highest BCUT2D eigenvalue weighted by molar-refractivity contribution is 5.68. The molecule has 0 radical (unpaired) electrons. The van der Waals surface area contributed by atoms with Gasteiger partial charge in [0.2, 0.25) is 0 Å². The van der Waals surface area contributed by atoms with Gasteiger partial charge in [-0.05, 0) is 36.0 Å². The summed E-state index contributed by atoms with van der Waals surface area (Å²) in [5.74, 6) is 0.326. The quantitative estimate of drug-likeness (QED) is 0.914. The molecule has 1 amide bonds. The number of pyridine rings is 1. The topological polar surface area (TPSA) is 60.5 Å². The number of nitrogens with one attached hydrogen (secondary N) is 1. The van der Waals surface area contributed by atoms with Gasteiger partial charge >= 0.3 is 6.09 Å². The molecular formula is C19H22N2O3. The van der Waals surface area contributed by atoms with Gasteiger partial charge in [-0.15, -0.1) is 0 Å². The molecule has 2 heterocycles. The lowest BCUT2D eigenvalue weighted by atomic mass is 9.88. The average molecular weight is 326 g/mol. The normalized spacial score (nSPS) is 16.3. The first-order valence-corrected chi connectivity index (χ1v) is 8.28. The number of hydrogen-bond donors (Lipinski definition) is 1. The van der Waals surface area contributed by atoms with Crippen molar-refractivity contribution >= 4 is 6.09 Å². The molecule has 0 bridgehead atoms. The maximum absolute atomic E-state index is 12.3. The Hall–Kier alpha value is -2.40. The van der Waals surface area contributed by atoms with Gasteiger partial charge in [-0.1, -0.05) is 36.4 Å². The summed E-state index contributed by atoms with van der Waals surface area (Å²) in [4.78, 5) is 16.4. The van der Waals surface area contributed by atoms with Gasteiger partial charge in [0, 0.05) is 25.6 Å². The fourth-order valence-corrected chi connectivity index (χ4v) is 2.97. The molecule has 3 rings (SSSR count). The molecule has 5 heteroatoms. The summed E-state index contributed by atoms with van der Waals surface area (Å²) in [5.41, 5.74) is 1.97. The van der Waals surface area contributed by atoms with Crippen LogP contribution in [-0.2, 0) is 16.1 Å². The van der Waals surface area contributed by atoms with E-state index in [1.54, 1.807) is 12.4 Å². The maximum Gasteiger partial charge on any atom is 0.407 e. The molecule has 0 aliphatic carbocycles. The number of rotatable bonds is 5. The molecule has 1 N–H and O–H groups in total. The van der Waals surface area contributed by atoms with E-state index in [9.17, 15) is 4.79 Å². The maximum atomic E-state index is 12.3. The SMILES string of the molecule is O=C(NC(c1cccnc1)C1CCOCC1)OCc1ccccc1. The zero-order valence-electron chi connectivity index (χ0n) is 13.6. The van der Waals surface area contributed by atoms with Crippen molar-refractivity contribution in [2.45, 2.75) is 25.5 Å². The molecule has 1 aromatic heterocycles. The molecule has 0 saturated carbocycles. The van der Waals surface area contributed by atoms with Crippen molar-refractivity contribution in [1.29, 1.82) is 0 Å². The monoisotopic (exact) mass is 326 g/mol. The van der Waals surface area contributed by atoms with E-state index in [2.05, 4.69) is 10.3 Å². The number of aromatic nitrogens is 1. The summed E-state index contributed by atoms with van der Waals surface area (Å²) in [7, 11) is 0. The van der Waals surface area contributed by atoms with Crippen molar-refractivity contribution in [3.05, 3.63) is 66.0 Å². The Balaban J connectivity index is 1.63. The van der Waals surface area contributed by atoms with E-state index in [0.717, 1.165) is 37.2 Å². The third-order valence-corrected chi connectivity index (χ3v) is 4.27. The molecule has 1 atom stereocenters. The lowest BCUT2D eigenvalue weighted by Gasteiger charge is -2.30. The van der Waals surface area contributed by atoms with Crippen molar-refractivity contribution in [1.82, 2.24) is 10.3 Å². The second kappa shape index (κ2) is 8.45. The molecule has 1 aliphatic rings. The predicted octanol–water partition coefficient (Wildman–Crippen LogP) is 3.48. The molecule has 1 aromatic carbocycles. The Morgan fingerprint density at radius 3 is 2.71 bits per heavy atom. The summed E-state index contributed by atoms with van der Waals surface area (Å²) in [5, 5.41) is 3.02. The van der Waals surface area contributed by atoms with Crippen LogP contribution in [0.25, 0.3) is 0 Å². The first-order chi connectivity index (χ1) is 11.8. The number of nitrogens with zero attached hydrogens (tertiary/aromatic N) is 1. The zero-order valence-corrected chi connectivity index (χ0v) is 13.6. The van der Waals surface area contributed by atoms with Crippen molar-refractivity contribution in [2.75, 3.05) is 13.2 Å². The van der Waals surface area contributed by atoms with Crippen LogP contribution in [0.5, 0.6) is 0 Å². The van der Waals surface area contributed by atoms with E-state index >= 15 is 0 Å². The first-order valence-electron chi connectivity index (χ1n) is 8.28. The second-order valence-corrected chi connectivity index (χ2v) is 5.92. The number of alkyl carbamates (subject to hydrolysis) is 1. The number of carbonyl (C=O) groups is 1. The summed E-state index contributed by atoms with van der Waals surface area (Å²) in [6, 6.07) is 13.4. The van der Waals surface area contributed by atoms with Gasteiger partial charge in [0.15, 0.2) is 0 Å². The highest BCUT2D eigenvalue weighted by Gasteiger charge is 2.27. The molecule has 126 valence electrons. The van der Waals surface area contributed by atoms with Crippen LogP contribution in [0.1, 0.15) is 30.0 Å². The van der Waals surface area contributed by atoms with E-state index in [4.69, 9.17) is 9.47 Å². The van der Waals surface area contributed by atoms with E-state index in [0.29, 0.717) is 5.92 Å². The van der Waals surface area contributed by atoms with Crippen LogP contribution in [0, 0.1) is 5.92 Å². The number of carbonyl (C=O) groups excluding carboxylic acids is 1. The van der Waals surface area contributed by atoms with Crippen LogP contribution in [0.15, 0.2) is 54.9 Å². The molecule has 1 unspecified atom stereocenters. The zero-order chi connectivity index (χ0) is 16.6. The number of benzene rings is 1. The molecule has 1 aliphatic heterocycles. The molecule has 24 heavy (non-hydrogen) atoms. The summed E-state index contributed by atoms with van der Waals surface area (Å²) < 4.78 is 10.8. The Morgan fingerprint density at radius 1 is 1.21 bits per heavy atom. The molecule has 1 saturated heterocycles. The van der Waals surface area contributed by atoms with Crippen molar-refractivity contribution < 1.29 is 14.3 Å². The third-order valence-electron chi connectivity index (χ3n) is 4.27. The number of amides is 1. The fraction of sp³-hybridized carbons (Fsp3) is 0.368. The summed E-state index contributed by atoms with van der Waals surface area (Å²) in [6.45, 7) is 1.71. The average Bonchev–Trinajstić information content (AvgIpc) is 2.67. The molecule has 1 fully saturated rings. The van der Waals surface area contributed by atoms with Crippen molar-refractivity contribution in [3.63, 3.8) is 0 Å². The predicted molar refractivity (Wildman–Crippen MR) is 90.3 cm³/mol. The van der Waals surface area contributed by atoms with Crippen LogP contribution in [0.3, 0.4) is 0 Å². The molecule has 5 nitrogen and oxygen atoms in total. The highest BCUT2D eigenvalue weighted by atomic mass is 16.5. The van der Waals surface area contributed by atoms with Crippen LogP contribution >= 0.6 is 0 Å². The Labute approximate surface area is 142 Å². The second-order valence-electron chi connectivity index (χ2n) is 5.92. The Morgan fingerprint density at radius 2 is 2.00 bits per heavy atom. The van der Waals surface area contributed by atoms with Gasteiger partial charge in [0.05, 0.1) is 6.04 Å². The van der Waals surface area contributed by atoms with Crippen molar-refractivity contribution in [2.24, 2.45) is 5.92 Å². The van der Waals surface area contributed by atoms with Crippen LogP contribution in [0.4, 0.5) is 4.79 Å². The van der Waals surface area contributed by atoms with Crippen LogP contribution in [0.2, 0.25) is 0 Å². The largest absolute Gasteiger partial charge is 0.445 e. The van der Waals surface area contributed by atoms with E-state index in [1.165, 1.54) is 0 Å². The number of hydrogen-bond acceptors (Lipinski definition) is 4. The van der Waals surface area contributed by atoms with Gasteiger partial charge in [0.1, 0.15) is 6.61 Å². The van der Waals surface area contributed by atoms with E-state index in [1.807, 2.05) is 42.5 Å². The lowest BCUT2D eigenvalue weighted by molar-refractivity contribution is 0.0514. The fourth-order valence-electron chi connectivity index (χ4n) is 2.97. The molecular weight excluding hydrogens is 304 g/mol. The van der Waals surface area contributed by atoms with Crippen LogP contribution < -0.4 is 5.32 Å². The third kappa shape index (κ3) is 4.55. The standard InChI is InChI=1S/C19H22N2O3/c22-19(24-14-15-5-2-1-3-6-15)21-18(16-8-11-23-12-9-16)17-7-4-10-20-13-17/h1-7,10,13,16,18H,8-9,11-12,14H2,(H,21,22). The Bertz CT molecular complexity index is 628.